The summed E-state index contributed by atoms with van der Waals surface area (Å²) in [5.74, 6) is 0.681. The molecule has 0 aliphatic rings. The van der Waals surface area contributed by atoms with Gasteiger partial charge < -0.3 is 20.5 Å². The number of hydrogen-bond donors (Lipinski definition) is 3. The van der Waals surface area contributed by atoms with Crippen LogP contribution in [0.2, 0.25) is 5.02 Å². The molecule has 8 heteroatoms. The molecule has 0 spiro atoms. The topological polar surface area (TPSA) is 88.1 Å². The Balaban J connectivity index is 1.73. The van der Waals surface area contributed by atoms with Gasteiger partial charge in [0.15, 0.2) is 0 Å². The summed E-state index contributed by atoms with van der Waals surface area (Å²) in [4.78, 5) is 30.0. The number of nitrogens with zero attached hydrogens (tertiary/aromatic N) is 2. The van der Waals surface area contributed by atoms with E-state index in [1.165, 1.54) is 0 Å². The number of pyridine rings is 2. The molecule has 0 aliphatic heterocycles. The van der Waals surface area contributed by atoms with E-state index in [4.69, 9.17) is 11.6 Å². The Hall–Kier alpha value is -3.84. The van der Waals surface area contributed by atoms with Crippen LogP contribution in [-0.2, 0) is 6.54 Å². The molecule has 0 aliphatic carbocycles. The summed E-state index contributed by atoms with van der Waals surface area (Å²) in [6.07, 6.45) is 1.72. The number of carbonyl (C=O) groups excluding carboxylic acids is 1. The Bertz CT molecular complexity index is 1350. The molecule has 0 radical (unpaired) electrons. The molecular weight excluding hydrogens is 426 g/mol. The lowest BCUT2D eigenvalue weighted by atomic mass is 10.0. The first-order valence-electron chi connectivity index (χ1n) is 10.1. The van der Waals surface area contributed by atoms with Gasteiger partial charge in [0, 0.05) is 58.8 Å². The molecule has 32 heavy (non-hydrogen) atoms. The van der Waals surface area contributed by atoms with Crippen LogP contribution in [0.3, 0.4) is 0 Å². The highest BCUT2D eigenvalue weighted by Crippen LogP contribution is 2.31. The van der Waals surface area contributed by atoms with E-state index in [1.807, 2.05) is 31.2 Å². The third-order valence-electron chi connectivity index (χ3n) is 5.10. The van der Waals surface area contributed by atoms with Crippen LogP contribution in [0.15, 0.2) is 71.7 Å². The number of carbonyl (C=O) groups is 1. The predicted molar refractivity (Wildman–Crippen MR) is 131 cm³/mol. The Morgan fingerprint density at radius 1 is 1.00 bits per heavy atom. The zero-order chi connectivity index (χ0) is 22.7. The van der Waals surface area contributed by atoms with Gasteiger partial charge in [0.2, 0.25) is 0 Å². The van der Waals surface area contributed by atoms with Crippen molar-refractivity contribution < 1.29 is 4.79 Å². The molecule has 2 aromatic heterocycles. The zero-order valence-corrected chi connectivity index (χ0v) is 18.4. The quantitative estimate of drug-likeness (QED) is 0.381. The smallest absolute Gasteiger partial charge is 0.323 e. The average molecular weight is 448 g/mol. The molecule has 162 valence electrons. The van der Waals surface area contributed by atoms with Gasteiger partial charge in [-0.1, -0.05) is 29.8 Å². The van der Waals surface area contributed by atoms with Crippen LogP contribution in [0.25, 0.3) is 22.0 Å². The summed E-state index contributed by atoms with van der Waals surface area (Å²) in [5.41, 5.74) is 2.79. The molecule has 2 aromatic carbocycles. The lowest BCUT2D eigenvalue weighted by molar-refractivity contribution is 0.262. The third kappa shape index (κ3) is 4.29. The van der Waals surface area contributed by atoms with Gasteiger partial charge in [-0.25, -0.2) is 9.78 Å². The molecule has 7 nitrogen and oxygen atoms in total. The van der Waals surface area contributed by atoms with Crippen molar-refractivity contribution in [2.75, 3.05) is 23.0 Å². The number of urea groups is 1. The minimum atomic E-state index is -0.391. The molecule has 2 heterocycles. The number of fused-ring (bicyclic) bond motifs is 1. The number of amides is 2. The van der Waals surface area contributed by atoms with Gasteiger partial charge in [-0.15, -0.1) is 0 Å². The van der Waals surface area contributed by atoms with Gasteiger partial charge in [-0.3, -0.25) is 4.79 Å². The third-order valence-corrected chi connectivity index (χ3v) is 5.43. The number of halogens is 1. The molecule has 0 saturated carbocycles. The van der Waals surface area contributed by atoms with Crippen molar-refractivity contribution in [2.24, 2.45) is 0 Å². The van der Waals surface area contributed by atoms with Crippen molar-refractivity contribution in [3.8, 4) is 11.1 Å². The van der Waals surface area contributed by atoms with Crippen molar-refractivity contribution in [1.82, 2.24) is 9.55 Å². The van der Waals surface area contributed by atoms with E-state index in [1.54, 1.807) is 54.2 Å². The first kappa shape index (κ1) is 21.4. The maximum atomic E-state index is 13.3. The van der Waals surface area contributed by atoms with Crippen LogP contribution in [0.5, 0.6) is 0 Å². The maximum absolute atomic E-state index is 13.3. The number of rotatable bonds is 5. The summed E-state index contributed by atoms with van der Waals surface area (Å²) in [6, 6.07) is 17.4. The van der Waals surface area contributed by atoms with Gasteiger partial charge in [0.25, 0.3) is 5.56 Å². The van der Waals surface area contributed by atoms with E-state index in [0.29, 0.717) is 39.9 Å². The van der Waals surface area contributed by atoms with Crippen LogP contribution in [0, 0.1) is 0 Å². The van der Waals surface area contributed by atoms with Gasteiger partial charge >= 0.3 is 6.03 Å². The highest BCUT2D eigenvalue weighted by Gasteiger charge is 2.15. The fourth-order valence-corrected chi connectivity index (χ4v) is 3.76. The second-order valence-corrected chi connectivity index (χ2v) is 7.53. The number of aryl methyl sites for hydroxylation is 1. The van der Waals surface area contributed by atoms with Gasteiger partial charge in [-0.05, 0) is 43.3 Å². The summed E-state index contributed by atoms with van der Waals surface area (Å²) < 4.78 is 1.69. The largest absolute Gasteiger partial charge is 0.373 e. The summed E-state index contributed by atoms with van der Waals surface area (Å²) in [5, 5.41) is 9.78. The molecule has 2 amide bonds. The minimum Gasteiger partial charge on any atom is -0.373 e. The SMILES string of the molecule is CCn1c(=O)c(-c2cc(NC(=O)Nc3ccccc3)ccc2Cl)cc2cnc(NC)cc21. The van der Waals surface area contributed by atoms with E-state index < -0.39 is 6.03 Å². The lowest BCUT2D eigenvalue weighted by Crippen LogP contribution is -2.22. The molecule has 0 bridgehead atoms. The predicted octanol–water partition coefficient (Wildman–Crippen LogP) is 5.42. The Labute approximate surface area is 190 Å². The Kier molecular flexibility index (Phi) is 6.09. The standard InChI is InChI=1S/C24H22ClN5O2/c1-3-30-21-13-22(26-2)27-14-15(21)11-19(23(30)31)18-12-17(9-10-20(18)25)29-24(32)28-16-7-5-4-6-8-16/h4-14H,3H2,1-2H3,(H,26,27)(H2,28,29,32). The van der Waals surface area contributed by atoms with Crippen LogP contribution in [-0.4, -0.2) is 22.6 Å². The summed E-state index contributed by atoms with van der Waals surface area (Å²) in [6.45, 7) is 2.41. The molecule has 0 unspecified atom stereocenters. The van der Waals surface area contributed by atoms with E-state index >= 15 is 0 Å². The van der Waals surface area contributed by atoms with Crippen molar-refractivity contribution in [3.63, 3.8) is 0 Å². The number of para-hydroxylation sites is 1. The highest BCUT2D eigenvalue weighted by atomic mass is 35.5. The lowest BCUT2D eigenvalue weighted by Gasteiger charge is -2.14. The molecule has 4 rings (SSSR count). The van der Waals surface area contributed by atoms with Gasteiger partial charge in [-0.2, -0.15) is 0 Å². The molecule has 4 aromatic rings. The second kappa shape index (κ2) is 9.11. The van der Waals surface area contributed by atoms with Crippen LogP contribution in [0.1, 0.15) is 6.92 Å². The monoisotopic (exact) mass is 447 g/mol. The maximum Gasteiger partial charge on any atom is 0.323 e. The first-order valence-corrected chi connectivity index (χ1v) is 10.5. The summed E-state index contributed by atoms with van der Waals surface area (Å²) in [7, 11) is 1.78. The van der Waals surface area contributed by atoms with Crippen molar-refractivity contribution in [2.45, 2.75) is 13.5 Å². The minimum absolute atomic E-state index is 0.166. The number of hydrogen-bond acceptors (Lipinski definition) is 4. The van der Waals surface area contributed by atoms with Crippen molar-refractivity contribution >= 4 is 45.7 Å². The normalized spacial score (nSPS) is 10.7. The number of aromatic nitrogens is 2. The van der Waals surface area contributed by atoms with E-state index in [0.717, 1.165) is 10.9 Å². The Morgan fingerprint density at radius 2 is 1.75 bits per heavy atom. The molecular formula is C24H22ClN5O2. The number of anilines is 3. The molecule has 0 saturated heterocycles. The van der Waals surface area contributed by atoms with Crippen molar-refractivity contribution in [1.29, 1.82) is 0 Å². The first-order chi connectivity index (χ1) is 15.5. The van der Waals surface area contributed by atoms with Crippen LogP contribution in [0.4, 0.5) is 22.0 Å². The molecule has 0 atom stereocenters. The second-order valence-electron chi connectivity index (χ2n) is 7.13. The molecule has 3 N–H and O–H groups in total. The van der Waals surface area contributed by atoms with Gasteiger partial charge in [0.05, 0.1) is 5.52 Å². The van der Waals surface area contributed by atoms with Gasteiger partial charge in [0.1, 0.15) is 5.82 Å². The van der Waals surface area contributed by atoms with E-state index in [2.05, 4.69) is 20.9 Å². The van der Waals surface area contributed by atoms with E-state index in [-0.39, 0.29) is 5.56 Å². The zero-order valence-electron chi connectivity index (χ0n) is 17.6. The fraction of sp³-hybridized carbons (Fsp3) is 0.125. The summed E-state index contributed by atoms with van der Waals surface area (Å²) >= 11 is 6.46. The Morgan fingerprint density at radius 3 is 2.47 bits per heavy atom. The highest BCUT2D eigenvalue weighted by molar-refractivity contribution is 6.33. The van der Waals surface area contributed by atoms with Crippen molar-refractivity contribution in [3.05, 3.63) is 82.2 Å². The number of benzene rings is 2. The fourth-order valence-electron chi connectivity index (χ4n) is 3.54. The molecule has 0 fully saturated rings. The number of nitrogens with one attached hydrogen (secondary N) is 3. The van der Waals surface area contributed by atoms with E-state index in [9.17, 15) is 9.59 Å². The van der Waals surface area contributed by atoms with Crippen LogP contribution < -0.4 is 21.5 Å². The average Bonchev–Trinajstić information content (AvgIpc) is 2.80. The van der Waals surface area contributed by atoms with Crippen LogP contribution >= 0.6 is 11.6 Å².